The van der Waals surface area contributed by atoms with Gasteiger partial charge in [0.25, 0.3) is 0 Å². The molecule has 2 aromatic rings. The van der Waals surface area contributed by atoms with Crippen LogP contribution in [-0.2, 0) is 11.3 Å². The maximum absolute atomic E-state index is 10.6. The number of carboxylic acid groups (broad SMARTS) is 1. The number of nitrogens with zero attached hydrogens (tertiary/aromatic N) is 1. The maximum Gasteiger partial charge on any atom is 0.303 e. The SMILES string of the molecule is CC(C)N(CCCC(=O)O)Cc1sc2ccccc2c1Cl. The monoisotopic (exact) mass is 325 g/mol. The summed E-state index contributed by atoms with van der Waals surface area (Å²) in [6.45, 7) is 5.80. The Balaban J connectivity index is 2.11. The van der Waals surface area contributed by atoms with E-state index >= 15 is 0 Å². The van der Waals surface area contributed by atoms with Gasteiger partial charge < -0.3 is 5.11 Å². The Bertz CT molecular complexity index is 624. The molecule has 0 radical (unpaired) electrons. The quantitative estimate of drug-likeness (QED) is 0.806. The molecule has 5 heteroatoms. The normalized spacial score (nSPS) is 11.7. The molecule has 0 atom stereocenters. The molecule has 1 N–H and O–H groups in total. The number of fused-ring (bicyclic) bond motifs is 1. The van der Waals surface area contributed by atoms with Crippen LogP contribution in [0.1, 0.15) is 31.6 Å². The molecule has 0 aliphatic carbocycles. The molecule has 1 aromatic heterocycles. The van der Waals surface area contributed by atoms with Gasteiger partial charge in [0, 0.05) is 34.0 Å². The van der Waals surface area contributed by atoms with Crippen LogP contribution in [0.2, 0.25) is 5.02 Å². The molecule has 2 rings (SSSR count). The number of hydrogen-bond acceptors (Lipinski definition) is 3. The van der Waals surface area contributed by atoms with Crippen LogP contribution in [0, 0.1) is 0 Å². The van der Waals surface area contributed by atoms with E-state index in [9.17, 15) is 4.79 Å². The van der Waals surface area contributed by atoms with Crippen molar-refractivity contribution in [1.82, 2.24) is 4.90 Å². The number of benzene rings is 1. The van der Waals surface area contributed by atoms with E-state index in [1.807, 2.05) is 18.2 Å². The Hall–Kier alpha value is -1.10. The van der Waals surface area contributed by atoms with E-state index in [1.54, 1.807) is 11.3 Å². The first kappa shape index (κ1) is 16.3. The van der Waals surface area contributed by atoms with Crippen LogP contribution in [-0.4, -0.2) is 28.6 Å². The molecule has 0 amide bonds. The number of carboxylic acids is 1. The molecule has 0 fully saturated rings. The zero-order valence-electron chi connectivity index (χ0n) is 12.3. The molecule has 0 saturated carbocycles. The molecule has 3 nitrogen and oxygen atoms in total. The standard InChI is InChI=1S/C16H20ClNO2S/c1-11(2)18(9-5-8-15(19)20)10-14-16(17)12-6-3-4-7-13(12)21-14/h3-4,6-7,11H,5,8-10H2,1-2H3,(H,19,20). The minimum Gasteiger partial charge on any atom is -0.481 e. The Labute approximate surface area is 134 Å². The highest BCUT2D eigenvalue weighted by Gasteiger charge is 2.16. The van der Waals surface area contributed by atoms with Crippen LogP contribution in [0.4, 0.5) is 0 Å². The van der Waals surface area contributed by atoms with E-state index in [2.05, 4.69) is 24.8 Å². The van der Waals surface area contributed by atoms with Crippen molar-refractivity contribution in [3.8, 4) is 0 Å². The van der Waals surface area contributed by atoms with E-state index in [1.165, 1.54) is 4.70 Å². The van der Waals surface area contributed by atoms with Crippen LogP contribution in [0.25, 0.3) is 10.1 Å². The molecule has 114 valence electrons. The van der Waals surface area contributed by atoms with E-state index in [0.29, 0.717) is 12.5 Å². The van der Waals surface area contributed by atoms with Gasteiger partial charge in [0.15, 0.2) is 0 Å². The molecule has 0 spiro atoms. The van der Waals surface area contributed by atoms with Gasteiger partial charge in [-0.3, -0.25) is 9.69 Å². The first-order valence-corrected chi connectivity index (χ1v) is 8.30. The Morgan fingerprint density at radius 3 is 2.71 bits per heavy atom. The summed E-state index contributed by atoms with van der Waals surface area (Å²) in [6, 6.07) is 8.51. The van der Waals surface area contributed by atoms with Crippen LogP contribution in [0.3, 0.4) is 0 Å². The van der Waals surface area contributed by atoms with Gasteiger partial charge in [-0.1, -0.05) is 29.8 Å². The van der Waals surface area contributed by atoms with Crippen molar-refractivity contribution in [2.24, 2.45) is 0 Å². The smallest absolute Gasteiger partial charge is 0.303 e. The van der Waals surface area contributed by atoms with Gasteiger partial charge in [-0.25, -0.2) is 0 Å². The molecule has 1 aromatic carbocycles. The van der Waals surface area contributed by atoms with Crippen LogP contribution < -0.4 is 0 Å². The lowest BCUT2D eigenvalue weighted by molar-refractivity contribution is -0.137. The highest BCUT2D eigenvalue weighted by Crippen LogP contribution is 2.36. The first-order valence-electron chi connectivity index (χ1n) is 7.10. The minimum atomic E-state index is -0.737. The summed E-state index contributed by atoms with van der Waals surface area (Å²) in [5, 5.41) is 10.7. The zero-order chi connectivity index (χ0) is 15.4. The summed E-state index contributed by atoms with van der Waals surface area (Å²) >= 11 is 8.20. The summed E-state index contributed by atoms with van der Waals surface area (Å²) < 4.78 is 1.20. The van der Waals surface area contributed by atoms with Gasteiger partial charge in [-0.05, 0) is 32.9 Å². The Morgan fingerprint density at radius 1 is 1.38 bits per heavy atom. The van der Waals surface area contributed by atoms with Gasteiger partial charge in [0.05, 0.1) is 5.02 Å². The first-order chi connectivity index (χ1) is 9.99. The number of halogens is 1. The molecule has 21 heavy (non-hydrogen) atoms. The Kier molecular flexibility index (Phi) is 5.62. The van der Waals surface area contributed by atoms with E-state index in [0.717, 1.165) is 28.4 Å². The second kappa shape index (κ2) is 7.25. The number of aliphatic carboxylic acids is 1. The fraction of sp³-hybridized carbons (Fsp3) is 0.438. The summed E-state index contributed by atoms with van der Waals surface area (Å²) in [5.74, 6) is -0.737. The van der Waals surface area contributed by atoms with Crippen molar-refractivity contribution in [2.75, 3.05) is 6.54 Å². The van der Waals surface area contributed by atoms with Gasteiger partial charge in [-0.2, -0.15) is 0 Å². The largest absolute Gasteiger partial charge is 0.481 e. The van der Waals surface area contributed by atoms with Crippen molar-refractivity contribution < 1.29 is 9.90 Å². The predicted molar refractivity (Wildman–Crippen MR) is 89.3 cm³/mol. The summed E-state index contributed by atoms with van der Waals surface area (Å²) in [4.78, 5) is 14.1. The third-order valence-corrected chi connectivity index (χ3v) is 5.21. The lowest BCUT2D eigenvalue weighted by Gasteiger charge is -2.25. The fourth-order valence-electron chi connectivity index (χ4n) is 2.30. The topological polar surface area (TPSA) is 40.5 Å². The van der Waals surface area contributed by atoms with Crippen molar-refractivity contribution in [2.45, 2.75) is 39.3 Å². The van der Waals surface area contributed by atoms with Gasteiger partial charge in [0.2, 0.25) is 0 Å². The summed E-state index contributed by atoms with van der Waals surface area (Å²) in [5.41, 5.74) is 0. The number of rotatable bonds is 7. The van der Waals surface area contributed by atoms with Crippen LogP contribution >= 0.6 is 22.9 Å². The predicted octanol–water partition coefficient (Wildman–Crippen LogP) is 4.63. The number of thiophene rings is 1. The van der Waals surface area contributed by atoms with Gasteiger partial charge in [-0.15, -0.1) is 11.3 Å². The molecule has 0 aliphatic rings. The highest BCUT2D eigenvalue weighted by molar-refractivity contribution is 7.19. The van der Waals surface area contributed by atoms with Crippen LogP contribution in [0.15, 0.2) is 24.3 Å². The summed E-state index contributed by atoms with van der Waals surface area (Å²) in [6.07, 6.45) is 0.874. The number of hydrogen-bond donors (Lipinski definition) is 1. The van der Waals surface area contributed by atoms with Crippen molar-refractivity contribution in [1.29, 1.82) is 0 Å². The maximum atomic E-state index is 10.6. The average molecular weight is 326 g/mol. The van der Waals surface area contributed by atoms with Crippen LogP contribution in [0.5, 0.6) is 0 Å². The minimum absolute atomic E-state index is 0.212. The molecular weight excluding hydrogens is 306 g/mol. The van der Waals surface area contributed by atoms with E-state index in [4.69, 9.17) is 16.7 Å². The third kappa shape index (κ3) is 4.19. The van der Waals surface area contributed by atoms with Gasteiger partial charge >= 0.3 is 5.97 Å². The van der Waals surface area contributed by atoms with Crippen molar-refractivity contribution >= 4 is 39.0 Å². The van der Waals surface area contributed by atoms with Crippen molar-refractivity contribution in [3.05, 3.63) is 34.2 Å². The molecular formula is C16H20ClNO2S. The molecule has 1 heterocycles. The molecule has 0 unspecified atom stereocenters. The second-order valence-electron chi connectivity index (χ2n) is 5.40. The Morgan fingerprint density at radius 2 is 2.10 bits per heavy atom. The molecule has 0 aliphatic heterocycles. The van der Waals surface area contributed by atoms with Gasteiger partial charge in [0.1, 0.15) is 0 Å². The number of carbonyl (C=O) groups is 1. The fourth-order valence-corrected chi connectivity index (χ4v) is 3.82. The average Bonchev–Trinajstić information content (AvgIpc) is 2.74. The third-order valence-electron chi connectivity index (χ3n) is 3.51. The van der Waals surface area contributed by atoms with E-state index in [-0.39, 0.29) is 6.42 Å². The lowest BCUT2D eigenvalue weighted by atomic mass is 10.2. The second-order valence-corrected chi connectivity index (χ2v) is 6.91. The summed E-state index contributed by atoms with van der Waals surface area (Å²) in [7, 11) is 0. The molecule has 0 saturated heterocycles. The zero-order valence-corrected chi connectivity index (χ0v) is 13.9. The van der Waals surface area contributed by atoms with E-state index < -0.39 is 5.97 Å². The molecule has 0 bridgehead atoms. The highest BCUT2D eigenvalue weighted by atomic mass is 35.5. The lowest BCUT2D eigenvalue weighted by Crippen LogP contribution is -2.31. The van der Waals surface area contributed by atoms with Crippen molar-refractivity contribution in [3.63, 3.8) is 0 Å².